The van der Waals surface area contributed by atoms with Crippen LogP contribution in [0.15, 0.2) is 5.38 Å². The second-order valence-corrected chi connectivity index (χ2v) is 6.24. The maximum absolute atomic E-state index is 12.6. The molecule has 2 atom stereocenters. The van der Waals surface area contributed by atoms with Crippen molar-refractivity contribution >= 4 is 17.2 Å². The molecule has 4 nitrogen and oxygen atoms in total. The number of aliphatic hydroxyl groups excluding tert-OH is 1. The molecule has 0 aromatic carbocycles. The molecule has 0 saturated carbocycles. The lowest BCUT2D eigenvalue weighted by molar-refractivity contribution is 0.0584. The van der Waals surface area contributed by atoms with Gasteiger partial charge in [-0.1, -0.05) is 0 Å². The first-order valence-electron chi connectivity index (χ1n) is 6.80. The lowest BCUT2D eigenvalue weighted by Gasteiger charge is -2.26. The molecule has 0 spiro atoms. The van der Waals surface area contributed by atoms with E-state index in [4.69, 9.17) is 4.74 Å². The van der Waals surface area contributed by atoms with E-state index in [-0.39, 0.29) is 11.9 Å². The average molecular weight is 281 g/mol. The number of carbonyl (C=O) groups excluding carboxylic acids is 1. The van der Waals surface area contributed by atoms with Crippen molar-refractivity contribution in [3.8, 4) is 0 Å². The Morgan fingerprint density at radius 3 is 2.95 bits per heavy atom. The van der Waals surface area contributed by atoms with Gasteiger partial charge in [-0.25, -0.2) is 0 Å². The van der Waals surface area contributed by atoms with E-state index in [9.17, 15) is 9.90 Å². The number of hydrogen-bond acceptors (Lipinski definition) is 4. The number of ether oxygens (including phenoxy) is 1. The Morgan fingerprint density at radius 2 is 2.21 bits per heavy atom. The summed E-state index contributed by atoms with van der Waals surface area (Å²) in [5, 5.41) is 12.0. The third kappa shape index (κ3) is 2.30. The molecule has 2 aliphatic rings. The standard InChI is InChI=1S/C14H19NO3S/c1-15(11-6-18-7-12(11)16)14(17)13-10-5-3-2-4-9(10)8-19-13/h8,11-12,16H,2-7H2,1H3/t11-,12-/m1/s1. The van der Waals surface area contributed by atoms with Crippen LogP contribution in [0.25, 0.3) is 0 Å². The molecule has 2 heterocycles. The van der Waals surface area contributed by atoms with Gasteiger partial charge in [0.2, 0.25) is 0 Å². The van der Waals surface area contributed by atoms with Crippen molar-refractivity contribution < 1.29 is 14.6 Å². The number of fused-ring (bicyclic) bond motifs is 1. The van der Waals surface area contributed by atoms with Crippen LogP contribution in [-0.4, -0.2) is 48.3 Å². The summed E-state index contributed by atoms with van der Waals surface area (Å²) >= 11 is 1.55. The summed E-state index contributed by atoms with van der Waals surface area (Å²) in [6.45, 7) is 0.752. The van der Waals surface area contributed by atoms with Crippen LogP contribution >= 0.6 is 11.3 Å². The smallest absolute Gasteiger partial charge is 0.264 e. The summed E-state index contributed by atoms with van der Waals surface area (Å²) in [5.41, 5.74) is 2.58. The molecule has 3 rings (SSSR count). The van der Waals surface area contributed by atoms with Crippen LogP contribution < -0.4 is 0 Å². The Balaban J connectivity index is 1.81. The maximum Gasteiger partial charge on any atom is 0.264 e. The number of likely N-dealkylation sites (N-methyl/N-ethyl adjacent to an activating group) is 1. The summed E-state index contributed by atoms with van der Waals surface area (Å²) < 4.78 is 5.23. The van der Waals surface area contributed by atoms with Crippen LogP contribution in [0.4, 0.5) is 0 Å². The predicted octanol–water partition coefficient (Wildman–Crippen LogP) is 1.46. The first kappa shape index (κ1) is 13.1. The van der Waals surface area contributed by atoms with E-state index >= 15 is 0 Å². The molecule has 1 fully saturated rings. The van der Waals surface area contributed by atoms with Crippen molar-refractivity contribution in [1.29, 1.82) is 0 Å². The van der Waals surface area contributed by atoms with Gasteiger partial charge in [0.25, 0.3) is 5.91 Å². The summed E-state index contributed by atoms with van der Waals surface area (Å²) in [6.07, 6.45) is 3.94. The van der Waals surface area contributed by atoms with Crippen molar-refractivity contribution in [2.45, 2.75) is 37.8 Å². The van der Waals surface area contributed by atoms with Crippen molar-refractivity contribution in [3.63, 3.8) is 0 Å². The van der Waals surface area contributed by atoms with E-state index in [1.807, 2.05) is 0 Å². The van der Waals surface area contributed by atoms with Gasteiger partial charge in [-0.15, -0.1) is 11.3 Å². The van der Waals surface area contributed by atoms with Gasteiger partial charge in [0.05, 0.1) is 30.2 Å². The first-order chi connectivity index (χ1) is 9.18. The number of carbonyl (C=O) groups is 1. The molecule has 1 amide bonds. The van der Waals surface area contributed by atoms with Crippen LogP contribution in [-0.2, 0) is 17.6 Å². The summed E-state index contributed by atoms with van der Waals surface area (Å²) in [6, 6.07) is -0.214. The molecule has 5 heteroatoms. The van der Waals surface area contributed by atoms with E-state index in [2.05, 4.69) is 5.38 Å². The molecule has 19 heavy (non-hydrogen) atoms. The summed E-state index contributed by atoms with van der Waals surface area (Å²) in [7, 11) is 1.76. The van der Waals surface area contributed by atoms with Gasteiger partial charge < -0.3 is 14.7 Å². The predicted molar refractivity (Wildman–Crippen MR) is 73.7 cm³/mol. The molecule has 1 aliphatic heterocycles. The molecular weight excluding hydrogens is 262 g/mol. The Kier molecular flexibility index (Phi) is 3.60. The highest BCUT2D eigenvalue weighted by molar-refractivity contribution is 7.12. The molecule has 1 aromatic heterocycles. The first-order valence-corrected chi connectivity index (χ1v) is 7.68. The number of rotatable bonds is 2. The third-order valence-corrected chi connectivity index (χ3v) is 5.20. The minimum Gasteiger partial charge on any atom is -0.388 e. The van der Waals surface area contributed by atoms with E-state index < -0.39 is 6.10 Å². The van der Waals surface area contributed by atoms with Crippen molar-refractivity contribution in [3.05, 3.63) is 21.4 Å². The van der Waals surface area contributed by atoms with Crippen LogP contribution in [0.5, 0.6) is 0 Å². The third-order valence-electron chi connectivity index (χ3n) is 4.14. The van der Waals surface area contributed by atoms with Crippen LogP contribution in [0.2, 0.25) is 0 Å². The fraction of sp³-hybridized carbons (Fsp3) is 0.643. The van der Waals surface area contributed by atoms with E-state index in [1.54, 1.807) is 23.3 Å². The maximum atomic E-state index is 12.6. The highest BCUT2D eigenvalue weighted by Gasteiger charge is 2.34. The molecule has 1 aromatic rings. The highest BCUT2D eigenvalue weighted by atomic mass is 32.1. The molecule has 1 aliphatic carbocycles. The lowest BCUT2D eigenvalue weighted by Crippen LogP contribution is -2.44. The fourth-order valence-corrected chi connectivity index (χ4v) is 4.05. The van der Waals surface area contributed by atoms with Gasteiger partial charge in [-0.2, -0.15) is 0 Å². The van der Waals surface area contributed by atoms with Gasteiger partial charge in [0.1, 0.15) is 0 Å². The Hall–Kier alpha value is -0.910. The topological polar surface area (TPSA) is 49.8 Å². The van der Waals surface area contributed by atoms with Crippen molar-refractivity contribution in [1.82, 2.24) is 4.90 Å². The minimum atomic E-state index is -0.565. The molecule has 1 N–H and O–H groups in total. The lowest BCUT2D eigenvalue weighted by atomic mass is 9.93. The molecule has 0 unspecified atom stereocenters. The van der Waals surface area contributed by atoms with E-state index in [0.717, 1.165) is 17.7 Å². The fourth-order valence-electron chi connectivity index (χ4n) is 2.91. The average Bonchev–Trinajstić information content (AvgIpc) is 3.03. The minimum absolute atomic E-state index is 0.0303. The number of amides is 1. The zero-order valence-corrected chi connectivity index (χ0v) is 11.9. The normalized spacial score (nSPS) is 26.2. The number of aryl methyl sites for hydroxylation is 1. The van der Waals surface area contributed by atoms with Gasteiger partial charge >= 0.3 is 0 Å². The Bertz CT molecular complexity index is 485. The zero-order valence-electron chi connectivity index (χ0n) is 11.1. The molecule has 0 radical (unpaired) electrons. The number of thiophene rings is 1. The number of hydrogen-bond donors (Lipinski definition) is 1. The van der Waals surface area contributed by atoms with Crippen molar-refractivity contribution in [2.75, 3.05) is 20.3 Å². The Morgan fingerprint density at radius 1 is 1.42 bits per heavy atom. The van der Waals surface area contributed by atoms with Gasteiger partial charge in [-0.05, 0) is 42.2 Å². The molecule has 0 bridgehead atoms. The second-order valence-electron chi connectivity index (χ2n) is 5.36. The van der Waals surface area contributed by atoms with Crippen LogP contribution in [0.3, 0.4) is 0 Å². The second kappa shape index (κ2) is 5.23. The monoisotopic (exact) mass is 281 g/mol. The number of nitrogens with zero attached hydrogens (tertiary/aromatic N) is 1. The molecule has 104 valence electrons. The molecule has 1 saturated heterocycles. The quantitative estimate of drug-likeness (QED) is 0.893. The number of aliphatic hydroxyl groups is 1. The van der Waals surface area contributed by atoms with Gasteiger partial charge in [-0.3, -0.25) is 4.79 Å². The van der Waals surface area contributed by atoms with Crippen LogP contribution in [0.1, 0.15) is 33.6 Å². The van der Waals surface area contributed by atoms with Gasteiger partial charge in [0, 0.05) is 7.05 Å². The zero-order chi connectivity index (χ0) is 13.4. The molecular formula is C14H19NO3S. The van der Waals surface area contributed by atoms with Crippen LogP contribution in [0, 0.1) is 0 Å². The Labute approximate surface area is 117 Å². The largest absolute Gasteiger partial charge is 0.388 e. The highest BCUT2D eigenvalue weighted by Crippen LogP contribution is 2.31. The summed E-state index contributed by atoms with van der Waals surface area (Å²) in [5.74, 6) is 0.0303. The van der Waals surface area contributed by atoms with E-state index in [1.165, 1.54) is 24.0 Å². The van der Waals surface area contributed by atoms with Crippen molar-refractivity contribution in [2.24, 2.45) is 0 Å². The van der Waals surface area contributed by atoms with Gasteiger partial charge in [0.15, 0.2) is 0 Å². The SMILES string of the molecule is CN(C(=O)c1scc2c1CCCC2)[C@@H]1COC[C@H]1O. The summed E-state index contributed by atoms with van der Waals surface area (Å²) in [4.78, 5) is 15.1. The van der Waals surface area contributed by atoms with E-state index in [0.29, 0.717) is 13.2 Å².